The maximum absolute atomic E-state index is 13.7. The molecule has 0 aliphatic carbocycles. The van der Waals surface area contributed by atoms with Crippen LogP contribution in [0.4, 0.5) is 5.13 Å². The van der Waals surface area contributed by atoms with E-state index in [9.17, 15) is 13.2 Å². The van der Waals surface area contributed by atoms with Gasteiger partial charge in [0, 0.05) is 31.7 Å². The summed E-state index contributed by atoms with van der Waals surface area (Å²) in [6, 6.07) is 12.4. The second-order valence-corrected chi connectivity index (χ2v) is 11.8. The highest BCUT2D eigenvalue weighted by atomic mass is 35.5. The first-order chi connectivity index (χ1) is 17.3. The van der Waals surface area contributed by atoms with Gasteiger partial charge in [-0.1, -0.05) is 51.2 Å². The number of hydrogen-bond acceptors (Lipinski definition) is 6. The maximum Gasteiger partial charge on any atom is 0.260 e. The summed E-state index contributed by atoms with van der Waals surface area (Å²) in [6.45, 7) is 14.2. The van der Waals surface area contributed by atoms with Crippen molar-refractivity contribution < 1.29 is 13.2 Å². The van der Waals surface area contributed by atoms with E-state index in [2.05, 4.69) is 18.7 Å². The van der Waals surface area contributed by atoms with Gasteiger partial charge in [-0.25, -0.2) is 13.4 Å². The molecule has 0 unspecified atom stereocenters. The summed E-state index contributed by atoms with van der Waals surface area (Å²) in [7, 11) is -3.60. The summed E-state index contributed by atoms with van der Waals surface area (Å²) in [5, 5.41) is 0.658. The molecule has 204 valence electrons. The van der Waals surface area contributed by atoms with E-state index >= 15 is 0 Å². The fourth-order valence-electron chi connectivity index (χ4n) is 4.18. The molecule has 10 heteroatoms. The van der Waals surface area contributed by atoms with Gasteiger partial charge in [0.2, 0.25) is 10.0 Å². The van der Waals surface area contributed by atoms with E-state index in [-0.39, 0.29) is 23.2 Å². The van der Waals surface area contributed by atoms with Crippen LogP contribution in [0, 0.1) is 6.92 Å². The zero-order valence-corrected chi connectivity index (χ0v) is 24.9. The van der Waals surface area contributed by atoms with Crippen LogP contribution in [0.25, 0.3) is 10.2 Å². The summed E-state index contributed by atoms with van der Waals surface area (Å²) in [6.07, 6.45) is 1.50. The van der Waals surface area contributed by atoms with Crippen molar-refractivity contribution in [3.63, 3.8) is 0 Å². The Balaban J connectivity index is 0.00000481. The molecule has 1 amide bonds. The second kappa shape index (κ2) is 14.2. The number of aryl methyl sites for hydroxylation is 1. The van der Waals surface area contributed by atoms with Gasteiger partial charge >= 0.3 is 0 Å². The van der Waals surface area contributed by atoms with Crippen molar-refractivity contribution in [1.82, 2.24) is 14.2 Å². The fraction of sp³-hybridized carbons (Fsp3) is 0.481. The molecule has 1 aromatic heterocycles. The number of carbonyl (C=O) groups is 1. The molecule has 3 rings (SSSR count). The lowest BCUT2D eigenvalue weighted by Gasteiger charge is -2.25. The number of benzene rings is 2. The Bertz CT molecular complexity index is 1250. The lowest BCUT2D eigenvalue weighted by Crippen LogP contribution is -2.39. The van der Waals surface area contributed by atoms with Crippen molar-refractivity contribution in [2.24, 2.45) is 0 Å². The predicted octanol–water partition coefficient (Wildman–Crippen LogP) is 5.83. The number of anilines is 1. The number of rotatable bonds is 13. The number of amides is 1. The molecule has 37 heavy (non-hydrogen) atoms. The molecule has 0 N–H and O–H groups in total. The van der Waals surface area contributed by atoms with Crippen LogP contribution in [-0.4, -0.2) is 67.8 Å². The first kappa shape index (κ1) is 31.2. The van der Waals surface area contributed by atoms with Gasteiger partial charge in [0.25, 0.3) is 5.91 Å². The standard InChI is InChI=1S/C27H38N4O3S2.ClH/c1-6-17-30(18-7-2)36(33,34)23-15-13-22(14-16-23)26(32)31(20-19-29(8-3)9-4)27-28-25-21(5)11-10-12-24(25)35-27;/h10-16H,6-9,17-20H2,1-5H3;1H. The number of carbonyl (C=O) groups excluding carboxylic acids is 1. The van der Waals surface area contributed by atoms with Crippen molar-refractivity contribution >= 4 is 55.0 Å². The van der Waals surface area contributed by atoms with Crippen LogP contribution in [0.2, 0.25) is 0 Å². The maximum atomic E-state index is 13.7. The molecule has 2 aromatic carbocycles. The highest BCUT2D eigenvalue weighted by Gasteiger charge is 2.25. The Morgan fingerprint density at radius 3 is 2.05 bits per heavy atom. The molecule has 0 fully saturated rings. The average Bonchev–Trinajstić information content (AvgIpc) is 3.31. The Morgan fingerprint density at radius 2 is 1.51 bits per heavy atom. The van der Waals surface area contributed by atoms with Crippen molar-refractivity contribution in [1.29, 1.82) is 0 Å². The summed E-state index contributed by atoms with van der Waals surface area (Å²) in [5.41, 5.74) is 2.43. The molecule has 0 saturated heterocycles. The second-order valence-electron chi connectivity index (χ2n) is 8.83. The summed E-state index contributed by atoms with van der Waals surface area (Å²) < 4.78 is 28.8. The highest BCUT2D eigenvalue weighted by Crippen LogP contribution is 2.31. The number of hydrogen-bond donors (Lipinski definition) is 0. The number of halogens is 1. The van der Waals surface area contributed by atoms with E-state index in [1.165, 1.54) is 15.6 Å². The van der Waals surface area contributed by atoms with Gasteiger partial charge in [0.1, 0.15) is 0 Å². The van der Waals surface area contributed by atoms with E-state index in [0.29, 0.717) is 30.3 Å². The minimum atomic E-state index is -3.60. The number of nitrogens with zero attached hydrogens (tertiary/aromatic N) is 4. The molecule has 0 spiro atoms. The van der Waals surface area contributed by atoms with Crippen LogP contribution >= 0.6 is 23.7 Å². The van der Waals surface area contributed by atoms with E-state index in [1.54, 1.807) is 29.2 Å². The van der Waals surface area contributed by atoms with Gasteiger partial charge in [0.05, 0.1) is 15.1 Å². The zero-order valence-electron chi connectivity index (χ0n) is 22.4. The van der Waals surface area contributed by atoms with E-state index in [0.717, 1.165) is 48.3 Å². The lowest BCUT2D eigenvalue weighted by molar-refractivity contribution is 0.0983. The molecule has 0 bridgehead atoms. The molecular formula is C27H39ClN4O3S2. The smallest absolute Gasteiger partial charge is 0.260 e. The largest absolute Gasteiger partial charge is 0.302 e. The van der Waals surface area contributed by atoms with Gasteiger partial charge in [-0.05, 0) is 68.8 Å². The first-order valence-corrected chi connectivity index (χ1v) is 15.0. The SMILES string of the molecule is CCCN(CCC)S(=O)(=O)c1ccc(C(=O)N(CCN(CC)CC)c2nc3c(C)cccc3s2)cc1.Cl. The molecular weight excluding hydrogens is 528 g/mol. The average molecular weight is 567 g/mol. The number of likely N-dealkylation sites (N-methyl/N-ethyl adjacent to an activating group) is 1. The zero-order chi connectivity index (χ0) is 26.3. The van der Waals surface area contributed by atoms with Crippen LogP contribution in [0.15, 0.2) is 47.4 Å². The number of para-hydroxylation sites is 1. The first-order valence-electron chi connectivity index (χ1n) is 12.8. The normalized spacial score (nSPS) is 11.8. The summed E-state index contributed by atoms with van der Waals surface area (Å²) >= 11 is 1.50. The van der Waals surface area contributed by atoms with Crippen LogP contribution in [0.1, 0.15) is 56.5 Å². The van der Waals surface area contributed by atoms with Crippen LogP contribution in [0.3, 0.4) is 0 Å². The number of thiazole rings is 1. The molecule has 0 aliphatic rings. The molecule has 1 heterocycles. The third-order valence-corrected chi connectivity index (χ3v) is 9.26. The number of aromatic nitrogens is 1. The lowest BCUT2D eigenvalue weighted by atomic mass is 10.2. The molecule has 7 nitrogen and oxygen atoms in total. The van der Waals surface area contributed by atoms with Crippen molar-refractivity contribution in [3.8, 4) is 0 Å². The Kier molecular flexibility index (Phi) is 12.0. The van der Waals surface area contributed by atoms with Crippen LogP contribution in [-0.2, 0) is 10.0 Å². The van der Waals surface area contributed by atoms with Crippen LogP contribution < -0.4 is 4.90 Å². The van der Waals surface area contributed by atoms with Gasteiger partial charge in [0.15, 0.2) is 5.13 Å². The third kappa shape index (κ3) is 7.29. The number of fused-ring (bicyclic) bond motifs is 1. The minimum Gasteiger partial charge on any atom is -0.302 e. The highest BCUT2D eigenvalue weighted by molar-refractivity contribution is 7.89. The van der Waals surface area contributed by atoms with Gasteiger partial charge in [-0.15, -0.1) is 12.4 Å². The molecule has 0 aliphatic heterocycles. The van der Waals surface area contributed by atoms with E-state index in [1.807, 2.05) is 39.0 Å². The van der Waals surface area contributed by atoms with E-state index in [4.69, 9.17) is 4.98 Å². The van der Waals surface area contributed by atoms with Crippen molar-refractivity contribution in [2.45, 2.75) is 52.4 Å². The molecule has 3 aromatic rings. The minimum absolute atomic E-state index is 0. The van der Waals surface area contributed by atoms with Crippen molar-refractivity contribution in [3.05, 3.63) is 53.6 Å². The molecule has 0 atom stereocenters. The molecule has 0 radical (unpaired) electrons. The Labute approximate surface area is 231 Å². The number of sulfonamides is 1. The Hall–Kier alpha value is -2.04. The fourth-order valence-corrected chi connectivity index (χ4v) is 6.87. The third-order valence-electron chi connectivity index (χ3n) is 6.30. The monoisotopic (exact) mass is 566 g/mol. The summed E-state index contributed by atoms with van der Waals surface area (Å²) in [5.74, 6) is -0.179. The van der Waals surface area contributed by atoms with Gasteiger partial charge in [-0.2, -0.15) is 4.31 Å². The van der Waals surface area contributed by atoms with Crippen molar-refractivity contribution in [2.75, 3.05) is 44.2 Å². The quantitative estimate of drug-likeness (QED) is 0.260. The predicted molar refractivity (Wildman–Crippen MR) is 157 cm³/mol. The van der Waals surface area contributed by atoms with Crippen LogP contribution in [0.5, 0.6) is 0 Å². The topological polar surface area (TPSA) is 73.8 Å². The Morgan fingerprint density at radius 1 is 0.892 bits per heavy atom. The van der Waals surface area contributed by atoms with Gasteiger partial charge < -0.3 is 4.90 Å². The summed E-state index contributed by atoms with van der Waals surface area (Å²) in [4.78, 5) is 22.7. The molecule has 0 saturated carbocycles. The van der Waals surface area contributed by atoms with E-state index < -0.39 is 10.0 Å². The van der Waals surface area contributed by atoms with Gasteiger partial charge in [-0.3, -0.25) is 9.69 Å².